The van der Waals surface area contributed by atoms with Gasteiger partial charge in [0.2, 0.25) is 0 Å². The first-order valence-corrected chi connectivity index (χ1v) is 18.6. The van der Waals surface area contributed by atoms with Gasteiger partial charge in [0.1, 0.15) is 0 Å². The first-order chi connectivity index (χ1) is 24.1. The first-order valence-electron chi connectivity index (χ1n) is 17.0. The summed E-state index contributed by atoms with van der Waals surface area (Å²) in [5.41, 5.74) is 10.7. The van der Waals surface area contributed by atoms with Crippen molar-refractivity contribution >= 4 is 84.6 Å². The van der Waals surface area contributed by atoms with Crippen LogP contribution in [0.3, 0.4) is 0 Å². The van der Waals surface area contributed by atoms with Crippen molar-refractivity contribution < 1.29 is 0 Å². The van der Waals surface area contributed by atoms with Crippen molar-refractivity contribution in [1.29, 1.82) is 0 Å². The maximum Gasteiger partial charge on any atom is 0.0448 e. The van der Waals surface area contributed by atoms with E-state index in [-0.39, 0.29) is 5.41 Å². The van der Waals surface area contributed by atoms with Crippen LogP contribution in [0, 0.1) is 0 Å². The molecule has 10 aromatic rings. The zero-order valence-corrected chi connectivity index (χ0v) is 28.8. The molecule has 1 aliphatic carbocycles. The van der Waals surface area contributed by atoms with E-state index < -0.39 is 0 Å². The molecule has 0 nitrogen and oxygen atoms in total. The molecule has 2 aromatic heterocycles. The number of hydrogen-bond donors (Lipinski definition) is 0. The third kappa shape index (κ3) is 3.73. The highest BCUT2D eigenvalue weighted by Gasteiger charge is 2.35. The van der Waals surface area contributed by atoms with E-state index in [2.05, 4.69) is 159 Å². The van der Waals surface area contributed by atoms with Crippen molar-refractivity contribution in [3.05, 3.63) is 157 Å². The molecule has 0 aliphatic heterocycles. The minimum Gasteiger partial charge on any atom is -0.135 e. The smallest absolute Gasteiger partial charge is 0.0448 e. The zero-order chi connectivity index (χ0) is 32.4. The Bertz CT molecular complexity index is 2970. The molecule has 0 fully saturated rings. The molecule has 2 heterocycles. The lowest BCUT2D eigenvalue weighted by atomic mass is 9.80. The average molecular weight is 659 g/mol. The van der Waals surface area contributed by atoms with E-state index in [4.69, 9.17) is 0 Å². The Hall–Kier alpha value is -5.28. The normalized spacial score (nSPS) is 13.7. The van der Waals surface area contributed by atoms with Crippen molar-refractivity contribution in [2.75, 3.05) is 0 Å². The van der Waals surface area contributed by atoms with Crippen LogP contribution in [0.4, 0.5) is 0 Å². The van der Waals surface area contributed by atoms with E-state index in [1.54, 1.807) is 0 Å². The summed E-state index contributed by atoms with van der Waals surface area (Å²) in [5, 5.41) is 10.7. The molecule has 0 N–H and O–H groups in total. The Morgan fingerprint density at radius 3 is 1.67 bits per heavy atom. The SMILES string of the molecule is CC1(C)c2ccccc2-c2ccc(-c3c4ccccc4c(-c4ccc5sc6ccc7c8ccccc8sc7c6c5c4)c4ccccc34)cc21. The summed E-state index contributed by atoms with van der Waals surface area (Å²) in [6.07, 6.45) is 0. The lowest BCUT2D eigenvalue weighted by Gasteiger charge is -2.23. The van der Waals surface area contributed by atoms with Crippen LogP contribution in [-0.4, -0.2) is 0 Å². The fourth-order valence-corrected chi connectivity index (χ4v) is 11.2. The van der Waals surface area contributed by atoms with Gasteiger partial charge < -0.3 is 0 Å². The van der Waals surface area contributed by atoms with Gasteiger partial charge in [-0.3, -0.25) is 0 Å². The highest BCUT2D eigenvalue weighted by atomic mass is 32.1. The summed E-state index contributed by atoms with van der Waals surface area (Å²) in [5.74, 6) is 0. The van der Waals surface area contributed by atoms with Crippen LogP contribution in [0.25, 0.3) is 95.3 Å². The second-order valence-corrected chi connectivity index (χ2v) is 16.1. The fourth-order valence-electron chi connectivity index (χ4n) is 8.81. The predicted octanol–water partition coefficient (Wildman–Crippen LogP) is 14.4. The van der Waals surface area contributed by atoms with Crippen LogP contribution in [-0.2, 0) is 5.41 Å². The minimum absolute atomic E-state index is 0.0496. The third-order valence-corrected chi connectivity index (χ3v) is 13.4. The van der Waals surface area contributed by atoms with Gasteiger partial charge in [0.05, 0.1) is 0 Å². The van der Waals surface area contributed by atoms with E-state index >= 15 is 0 Å². The zero-order valence-electron chi connectivity index (χ0n) is 27.2. The van der Waals surface area contributed by atoms with Crippen LogP contribution in [0.1, 0.15) is 25.0 Å². The fraction of sp³-hybridized carbons (Fsp3) is 0.0638. The molecule has 0 radical (unpaired) electrons. The van der Waals surface area contributed by atoms with E-state index in [0.29, 0.717) is 0 Å². The highest BCUT2D eigenvalue weighted by molar-refractivity contribution is 7.29. The van der Waals surface area contributed by atoms with Crippen molar-refractivity contribution in [2.24, 2.45) is 0 Å². The number of benzene rings is 8. The molecule has 0 saturated heterocycles. The van der Waals surface area contributed by atoms with Crippen LogP contribution in [0.2, 0.25) is 0 Å². The lowest BCUT2D eigenvalue weighted by molar-refractivity contribution is 0.660. The second-order valence-electron chi connectivity index (χ2n) is 14.0. The quantitative estimate of drug-likeness (QED) is 0.162. The standard InChI is InChI=1S/C47H30S2/c1-47(2)38-17-9-7-11-29(38)30-21-19-28(26-39(30)47)44-34-15-5-3-13-32(34)43(33-14-4-6-16-35(33)44)27-20-23-41-37(25-27)45-42(48-41)24-22-36-31-12-8-10-18-40(31)49-46(36)45/h3-26H,1-2H3. The Kier molecular flexibility index (Phi) is 5.58. The molecule has 0 amide bonds. The van der Waals surface area contributed by atoms with Crippen molar-refractivity contribution in [3.63, 3.8) is 0 Å². The van der Waals surface area contributed by atoms with Crippen LogP contribution in [0.15, 0.2) is 146 Å². The lowest BCUT2D eigenvalue weighted by Crippen LogP contribution is -2.14. The van der Waals surface area contributed by atoms with E-state index in [9.17, 15) is 0 Å². The van der Waals surface area contributed by atoms with Gasteiger partial charge in [0.15, 0.2) is 0 Å². The van der Waals surface area contributed by atoms with Gasteiger partial charge in [-0.15, -0.1) is 22.7 Å². The van der Waals surface area contributed by atoms with Gasteiger partial charge in [0, 0.05) is 45.8 Å². The summed E-state index contributed by atoms with van der Waals surface area (Å²) in [6.45, 7) is 4.75. The van der Waals surface area contributed by atoms with Gasteiger partial charge in [-0.25, -0.2) is 0 Å². The summed E-state index contributed by atoms with van der Waals surface area (Å²) >= 11 is 3.84. The summed E-state index contributed by atoms with van der Waals surface area (Å²) < 4.78 is 5.45. The van der Waals surface area contributed by atoms with E-state index in [0.717, 1.165) is 0 Å². The van der Waals surface area contributed by atoms with Gasteiger partial charge in [-0.2, -0.15) is 0 Å². The molecule has 0 saturated carbocycles. The number of hydrogen-bond acceptors (Lipinski definition) is 2. The average Bonchev–Trinajstić information content (AvgIpc) is 3.78. The van der Waals surface area contributed by atoms with Crippen LogP contribution in [0.5, 0.6) is 0 Å². The van der Waals surface area contributed by atoms with Crippen molar-refractivity contribution in [2.45, 2.75) is 19.3 Å². The topological polar surface area (TPSA) is 0 Å². The molecule has 11 rings (SSSR count). The van der Waals surface area contributed by atoms with Crippen LogP contribution < -0.4 is 0 Å². The second kappa shape index (κ2) is 9.89. The van der Waals surface area contributed by atoms with Gasteiger partial charge >= 0.3 is 0 Å². The number of thiophene rings is 2. The molecule has 49 heavy (non-hydrogen) atoms. The highest BCUT2D eigenvalue weighted by Crippen LogP contribution is 2.52. The van der Waals surface area contributed by atoms with Gasteiger partial charge in [-0.05, 0) is 96.4 Å². The Balaban J connectivity index is 1.19. The molecule has 2 heteroatoms. The maximum atomic E-state index is 2.48. The molecule has 1 aliphatic rings. The summed E-state index contributed by atoms with van der Waals surface area (Å²) in [6, 6.07) is 54.9. The molecule has 0 spiro atoms. The maximum absolute atomic E-state index is 2.48. The minimum atomic E-state index is -0.0496. The predicted molar refractivity (Wildman–Crippen MR) is 216 cm³/mol. The first kappa shape index (κ1) is 27.6. The van der Waals surface area contributed by atoms with Crippen LogP contribution >= 0.6 is 22.7 Å². The Morgan fingerprint density at radius 2 is 0.939 bits per heavy atom. The van der Waals surface area contributed by atoms with Crippen molar-refractivity contribution in [3.8, 4) is 33.4 Å². The summed E-state index contributed by atoms with van der Waals surface area (Å²) in [7, 11) is 0. The Morgan fingerprint density at radius 1 is 0.388 bits per heavy atom. The largest absolute Gasteiger partial charge is 0.135 e. The van der Waals surface area contributed by atoms with E-state index in [1.165, 1.54) is 106 Å². The molecular weight excluding hydrogens is 629 g/mol. The number of fused-ring (bicyclic) bond motifs is 12. The van der Waals surface area contributed by atoms with Crippen molar-refractivity contribution in [1.82, 2.24) is 0 Å². The van der Waals surface area contributed by atoms with Gasteiger partial charge in [-0.1, -0.05) is 129 Å². The molecule has 8 aromatic carbocycles. The molecule has 0 unspecified atom stereocenters. The van der Waals surface area contributed by atoms with Gasteiger partial charge in [0.25, 0.3) is 0 Å². The molecular formula is C47H30S2. The molecule has 0 bridgehead atoms. The molecule has 230 valence electrons. The Labute approximate surface area is 292 Å². The monoisotopic (exact) mass is 658 g/mol. The summed E-state index contributed by atoms with van der Waals surface area (Å²) in [4.78, 5) is 0. The molecule has 0 atom stereocenters. The third-order valence-electron chi connectivity index (χ3n) is 11.1. The number of rotatable bonds is 2. The van der Waals surface area contributed by atoms with E-state index in [1.807, 2.05) is 22.7 Å².